The summed E-state index contributed by atoms with van der Waals surface area (Å²) in [5.74, 6) is -1.09. The molecular weight excluding hydrogens is 246 g/mol. The molecule has 2 heterocycles. The molecule has 2 aliphatic rings. The highest BCUT2D eigenvalue weighted by atomic mass is 32.2. The van der Waals surface area contributed by atoms with Crippen LogP contribution in [0.3, 0.4) is 0 Å². The fourth-order valence-corrected chi connectivity index (χ4v) is 3.00. The molecule has 1 fully saturated rings. The number of hydrogen-bond acceptors (Lipinski definition) is 6. The van der Waals surface area contributed by atoms with Gasteiger partial charge in [-0.05, 0) is 0 Å². The Morgan fingerprint density at radius 2 is 2.47 bits per heavy atom. The molecule has 1 saturated heterocycles. The number of rotatable bonds is 3. The van der Waals surface area contributed by atoms with Crippen molar-refractivity contribution >= 4 is 29.9 Å². The lowest BCUT2D eigenvalue weighted by Gasteiger charge is -2.47. The number of nitrogens with two attached hydrogens (primary N) is 1. The number of carbonyl (C=O) groups excluding carboxylic acids is 1. The Balaban J connectivity index is 2.36. The summed E-state index contributed by atoms with van der Waals surface area (Å²) in [7, 11) is 1.36. The average Bonchev–Trinajstić information content (AvgIpc) is 2.33. The topological polar surface area (TPSA) is 105 Å². The number of carbonyl (C=O) groups is 2. The largest absolute Gasteiger partial charge is 0.477 e. The second-order valence-electron chi connectivity index (χ2n) is 3.53. The van der Waals surface area contributed by atoms with E-state index in [1.54, 1.807) is 0 Å². The quantitative estimate of drug-likeness (QED) is 0.389. The Kier molecular flexibility index (Phi) is 3.07. The van der Waals surface area contributed by atoms with E-state index in [9.17, 15) is 9.59 Å². The van der Waals surface area contributed by atoms with Gasteiger partial charge in [-0.1, -0.05) is 5.16 Å². The third kappa shape index (κ3) is 1.79. The average molecular weight is 257 g/mol. The summed E-state index contributed by atoms with van der Waals surface area (Å²) in [4.78, 5) is 28.4. The SMILES string of the molecule is CO/N=C/C1=C(C(=O)O)N2C(=O)[C@@H](N)[C@H]2SC1. The van der Waals surface area contributed by atoms with Crippen molar-refractivity contribution in [3.63, 3.8) is 0 Å². The molecule has 2 aliphatic heterocycles. The summed E-state index contributed by atoms with van der Waals surface area (Å²) in [5, 5.41) is 12.4. The molecule has 0 aromatic rings. The highest BCUT2D eigenvalue weighted by Crippen LogP contribution is 2.38. The van der Waals surface area contributed by atoms with E-state index in [2.05, 4.69) is 9.99 Å². The van der Waals surface area contributed by atoms with Crippen LogP contribution >= 0.6 is 11.8 Å². The lowest BCUT2D eigenvalue weighted by Crippen LogP contribution is -2.68. The molecule has 2 atom stereocenters. The van der Waals surface area contributed by atoms with Gasteiger partial charge in [0.1, 0.15) is 24.2 Å². The van der Waals surface area contributed by atoms with E-state index in [1.165, 1.54) is 30.0 Å². The molecule has 0 radical (unpaired) electrons. The number of aliphatic carboxylic acids is 1. The van der Waals surface area contributed by atoms with E-state index >= 15 is 0 Å². The zero-order valence-corrected chi connectivity index (χ0v) is 9.81. The van der Waals surface area contributed by atoms with Gasteiger partial charge < -0.3 is 15.7 Å². The van der Waals surface area contributed by atoms with E-state index < -0.39 is 12.0 Å². The second-order valence-corrected chi connectivity index (χ2v) is 4.64. The molecule has 0 saturated carbocycles. The summed E-state index contributed by atoms with van der Waals surface area (Å²) in [5.41, 5.74) is 5.99. The summed E-state index contributed by atoms with van der Waals surface area (Å²) in [6.07, 6.45) is 1.31. The summed E-state index contributed by atoms with van der Waals surface area (Å²) >= 11 is 1.42. The minimum absolute atomic E-state index is 0.0544. The molecule has 0 aromatic carbocycles. The van der Waals surface area contributed by atoms with Crippen molar-refractivity contribution in [3.8, 4) is 0 Å². The van der Waals surface area contributed by atoms with Crippen LogP contribution in [0, 0.1) is 0 Å². The molecule has 17 heavy (non-hydrogen) atoms. The fourth-order valence-electron chi connectivity index (χ4n) is 1.76. The van der Waals surface area contributed by atoms with E-state index in [1.807, 2.05) is 0 Å². The highest BCUT2D eigenvalue weighted by molar-refractivity contribution is 8.00. The van der Waals surface area contributed by atoms with Gasteiger partial charge in [-0.15, -0.1) is 11.8 Å². The molecular formula is C9H11N3O4S. The number of carboxylic acid groups (broad SMARTS) is 1. The first-order chi connectivity index (χ1) is 8.07. The molecule has 8 heteroatoms. The van der Waals surface area contributed by atoms with Gasteiger partial charge in [0.2, 0.25) is 5.91 Å². The lowest BCUT2D eigenvalue weighted by atomic mass is 10.0. The van der Waals surface area contributed by atoms with Gasteiger partial charge in [-0.3, -0.25) is 9.69 Å². The first-order valence-electron chi connectivity index (χ1n) is 4.81. The first-order valence-corrected chi connectivity index (χ1v) is 5.86. The zero-order chi connectivity index (χ0) is 12.6. The number of oxime groups is 1. The van der Waals surface area contributed by atoms with Crippen molar-refractivity contribution in [2.24, 2.45) is 10.9 Å². The number of β-lactam (4-membered cyclic amide) rings is 1. The minimum atomic E-state index is -1.16. The van der Waals surface area contributed by atoms with Crippen molar-refractivity contribution < 1.29 is 19.5 Å². The monoisotopic (exact) mass is 257 g/mol. The van der Waals surface area contributed by atoms with Gasteiger partial charge in [0.25, 0.3) is 0 Å². The Morgan fingerprint density at radius 1 is 1.76 bits per heavy atom. The Hall–Kier alpha value is -1.54. The second kappa shape index (κ2) is 4.38. The van der Waals surface area contributed by atoms with Gasteiger partial charge >= 0.3 is 5.97 Å². The molecule has 3 N–H and O–H groups in total. The van der Waals surface area contributed by atoms with E-state index in [4.69, 9.17) is 10.8 Å². The standard InChI is InChI=1S/C9H11N3O4S/c1-16-11-2-4-3-17-8-5(10)7(13)12(8)6(4)9(14)15/h2,5,8H,3,10H2,1H3,(H,14,15)/b11-2+/t5-,8-/m1/s1. The van der Waals surface area contributed by atoms with Crippen LogP contribution in [-0.4, -0.2) is 52.4 Å². The van der Waals surface area contributed by atoms with Crippen LogP contribution in [0.2, 0.25) is 0 Å². The van der Waals surface area contributed by atoms with Gasteiger partial charge in [-0.2, -0.15) is 0 Å². The van der Waals surface area contributed by atoms with Crippen LogP contribution in [-0.2, 0) is 14.4 Å². The maximum absolute atomic E-state index is 11.5. The van der Waals surface area contributed by atoms with Crippen molar-refractivity contribution in [1.82, 2.24) is 4.90 Å². The molecule has 92 valence electrons. The van der Waals surface area contributed by atoms with Gasteiger partial charge in [0.05, 0.1) is 6.21 Å². The van der Waals surface area contributed by atoms with Crippen molar-refractivity contribution in [1.29, 1.82) is 0 Å². The normalized spacial score (nSPS) is 28.1. The van der Waals surface area contributed by atoms with Crippen LogP contribution in [0.15, 0.2) is 16.4 Å². The fraction of sp³-hybridized carbons (Fsp3) is 0.444. The van der Waals surface area contributed by atoms with Crippen molar-refractivity contribution in [2.45, 2.75) is 11.4 Å². The maximum Gasteiger partial charge on any atom is 0.353 e. The number of carboxylic acids is 1. The van der Waals surface area contributed by atoms with E-state index in [-0.39, 0.29) is 17.0 Å². The Labute approximate surface area is 101 Å². The molecule has 1 amide bonds. The molecule has 0 spiro atoms. The molecule has 2 rings (SSSR count). The van der Waals surface area contributed by atoms with Crippen molar-refractivity contribution in [2.75, 3.05) is 12.9 Å². The Morgan fingerprint density at radius 3 is 3.06 bits per heavy atom. The zero-order valence-electron chi connectivity index (χ0n) is 8.99. The molecule has 7 nitrogen and oxygen atoms in total. The van der Waals surface area contributed by atoms with Crippen LogP contribution in [0.1, 0.15) is 0 Å². The van der Waals surface area contributed by atoms with Gasteiger partial charge in [0.15, 0.2) is 0 Å². The third-order valence-corrected chi connectivity index (χ3v) is 3.88. The predicted molar refractivity (Wildman–Crippen MR) is 61.2 cm³/mol. The first kappa shape index (κ1) is 11.9. The summed E-state index contributed by atoms with van der Waals surface area (Å²) < 4.78 is 0. The summed E-state index contributed by atoms with van der Waals surface area (Å²) in [6.45, 7) is 0. The number of hydrogen-bond donors (Lipinski definition) is 2. The van der Waals surface area contributed by atoms with Gasteiger partial charge in [0, 0.05) is 11.3 Å². The maximum atomic E-state index is 11.5. The molecule has 0 aliphatic carbocycles. The third-order valence-electron chi connectivity index (χ3n) is 2.56. The smallest absolute Gasteiger partial charge is 0.353 e. The molecule has 0 aromatic heterocycles. The van der Waals surface area contributed by atoms with E-state index in [0.717, 1.165) is 0 Å². The van der Waals surface area contributed by atoms with Crippen molar-refractivity contribution in [3.05, 3.63) is 11.3 Å². The number of fused-ring (bicyclic) bond motifs is 1. The molecule has 0 bridgehead atoms. The summed E-state index contributed by atoms with van der Waals surface area (Å²) in [6, 6.07) is -0.615. The number of nitrogens with zero attached hydrogens (tertiary/aromatic N) is 2. The van der Waals surface area contributed by atoms with E-state index in [0.29, 0.717) is 11.3 Å². The molecule has 0 unspecified atom stereocenters. The van der Waals surface area contributed by atoms with Crippen LogP contribution in [0.5, 0.6) is 0 Å². The number of amides is 1. The number of thioether (sulfide) groups is 1. The highest BCUT2D eigenvalue weighted by Gasteiger charge is 2.51. The lowest BCUT2D eigenvalue weighted by molar-refractivity contribution is -0.147. The Bertz CT molecular complexity index is 434. The van der Waals surface area contributed by atoms with Crippen LogP contribution in [0.4, 0.5) is 0 Å². The van der Waals surface area contributed by atoms with Crippen LogP contribution in [0.25, 0.3) is 0 Å². The van der Waals surface area contributed by atoms with Crippen LogP contribution < -0.4 is 5.73 Å². The minimum Gasteiger partial charge on any atom is -0.477 e. The van der Waals surface area contributed by atoms with Gasteiger partial charge in [-0.25, -0.2) is 4.79 Å². The predicted octanol–water partition coefficient (Wildman–Crippen LogP) is -0.800.